The summed E-state index contributed by atoms with van der Waals surface area (Å²) in [5, 5.41) is 3.51. The molecule has 0 heterocycles. The molecule has 1 N–H and O–H groups in total. The molecule has 1 saturated carbocycles. The molecule has 0 aromatic heterocycles. The van der Waals surface area contributed by atoms with Crippen LogP contribution in [0, 0.1) is 0 Å². The second-order valence-corrected chi connectivity index (χ2v) is 5.01. The Morgan fingerprint density at radius 2 is 2.00 bits per heavy atom. The molecule has 1 aliphatic carbocycles. The minimum absolute atomic E-state index is 0.223. The Balaban J connectivity index is 1.72. The summed E-state index contributed by atoms with van der Waals surface area (Å²) in [5.74, 6) is -0.240. The molecule has 1 aromatic rings. The Morgan fingerprint density at radius 3 is 2.67 bits per heavy atom. The highest BCUT2D eigenvalue weighted by Crippen LogP contribution is 2.18. The van der Waals surface area contributed by atoms with Gasteiger partial charge in [-0.05, 0) is 31.9 Å². The van der Waals surface area contributed by atoms with Crippen LogP contribution < -0.4 is 5.32 Å². The lowest BCUT2D eigenvalue weighted by Gasteiger charge is -2.19. The first-order chi connectivity index (χ1) is 8.75. The van der Waals surface area contributed by atoms with E-state index in [0.29, 0.717) is 18.2 Å². The number of carbonyl (C=O) groups excluding carboxylic acids is 1. The second-order valence-electron chi connectivity index (χ2n) is 5.01. The molecule has 1 aliphatic rings. The summed E-state index contributed by atoms with van der Waals surface area (Å²) in [7, 11) is 0. The average Bonchev–Trinajstić information content (AvgIpc) is 2.90. The Morgan fingerprint density at radius 1 is 1.33 bits per heavy atom. The van der Waals surface area contributed by atoms with Crippen LogP contribution in [0.5, 0.6) is 0 Å². The van der Waals surface area contributed by atoms with Gasteiger partial charge in [0.2, 0.25) is 0 Å². The Kier molecular flexibility index (Phi) is 4.76. The molecule has 1 aromatic carbocycles. The van der Waals surface area contributed by atoms with E-state index in [1.165, 1.54) is 25.7 Å². The minimum Gasteiger partial charge on any atom is -0.460 e. The van der Waals surface area contributed by atoms with Gasteiger partial charge in [0.15, 0.2) is 0 Å². The maximum Gasteiger partial charge on any atom is 0.338 e. The van der Waals surface area contributed by atoms with E-state index >= 15 is 0 Å². The summed E-state index contributed by atoms with van der Waals surface area (Å²) in [6, 6.07) is 9.96. The maximum atomic E-state index is 11.7. The van der Waals surface area contributed by atoms with Gasteiger partial charge in [-0.15, -0.1) is 0 Å². The molecule has 0 unspecified atom stereocenters. The van der Waals surface area contributed by atoms with Gasteiger partial charge in [-0.2, -0.15) is 0 Å². The first kappa shape index (κ1) is 13.1. The number of benzene rings is 1. The van der Waals surface area contributed by atoms with Gasteiger partial charge in [0.25, 0.3) is 0 Å². The number of hydrogen-bond acceptors (Lipinski definition) is 3. The van der Waals surface area contributed by atoms with E-state index in [1.54, 1.807) is 12.1 Å². The van der Waals surface area contributed by atoms with Gasteiger partial charge in [0.05, 0.1) is 5.56 Å². The normalized spacial score (nSPS) is 17.6. The highest BCUT2D eigenvalue weighted by Gasteiger charge is 2.17. The van der Waals surface area contributed by atoms with Crippen molar-refractivity contribution < 1.29 is 9.53 Å². The zero-order valence-electron chi connectivity index (χ0n) is 10.9. The van der Waals surface area contributed by atoms with E-state index in [-0.39, 0.29) is 12.0 Å². The monoisotopic (exact) mass is 247 g/mol. The van der Waals surface area contributed by atoms with Crippen molar-refractivity contribution in [1.82, 2.24) is 5.32 Å². The molecule has 1 fully saturated rings. The van der Waals surface area contributed by atoms with Crippen molar-refractivity contribution in [1.29, 1.82) is 0 Å². The van der Waals surface area contributed by atoms with Crippen LogP contribution in [0.2, 0.25) is 0 Å². The molecule has 0 spiro atoms. The molecule has 1 atom stereocenters. The molecule has 18 heavy (non-hydrogen) atoms. The van der Waals surface area contributed by atoms with Crippen molar-refractivity contribution in [3.8, 4) is 0 Å². The fourth-order valence-corrected chi connectivity index (χ4v) is 2.40. The van der Waals surface area contributed by atoms with Crippen molar-refractivity contribution in [3.63, 3.8) is 0 Å². The molecule has 0 aliphatic heterocycles. The highest BCUT2D eigenvalue weighted by atomic mass is 16.5. The Labute approximate surface area is 109 Å². The number of esters is 1. The summed E-state index contributed by atoms with van der Waals surface area (Å²) in [5.41, 5.74) is 0.616. The van der Waals surface area contributed by atoms with E-state index in [4.69, 9.17) is 4.74 Å². The number of rotatable bonds is 5. The van der Waals surface area contributed by atoms with E-state index in [9.17, 15) is 4.79 Å². The lowest BCUT2D eigenvalue weighted by molar-refractivity contribution is 0.0467. The zero-order valence-corrected chi connectivity index (χ0v) is 10.9. The predicted octanol–water partition coefficient (Wildman–Crippen LogP) is 2.76. The number of ether oxygens (including phenoxy) is 1. The van der Waals surface area contributed by atoms with Crippen molar-refractivity contribution in [2.45, 2.75) is 44.7 Å². The smallest absolute Gasteiger partial charge is 0.338 e. The first-order valence-corrected chi connectivity index (χ1v) is 6.74. The van der Waals surface area contributed by atoms with E-state index in [1.807, 2.05) is 18.2 Å². The third-order valence-corrected chi connectivity index (χ3v) is 3.35. The molecular formula is C15H21NO2. The van der Waals surface area contributed by atoms with Crippen LogP contribution in [0.3, 0.4) is 0 Å². The van der Waals surface area contributed by atoms with Crippen LogP contribution in [-0.2, 0) is 4.74 Å². The third-order valence-electron chi connectivity index (χ3n) is 3.35. The molecule has 0 amide bonds. The number of carbonyl (C=O) groups is 1. The van der Waals surface area contributed by atoms with Gasteiger partial charge in [0.1, 0.15) is 6.61 Å². The first-order valence-electron chi connectivity index (χ1n) is 6.74. The van der Waals surface area contributed by atoms with E-state index < -0.39 is 0 Å². The number of hydrogen-bond donors (Lipinski definition) is 1. The summed E-state index contributed by atoms with van der Waals surface area (Å²) in [6.07, 6.45) is 5.12. The van der Waals surface area contributed by atoms with Crippen LogP contribution in [0.4, 0.5) is 0 Å². The van der Waals surface area contributed by atoms with Crippen LogP contribution in [0.1, 0.15) is 43.0 Å². The van der Waals surface area contributed by atoms with Gasteiger partial charge in [-0.25, -0.2) is 4.79 Å². The minimum atomic E-state index is -0.240. The third kappa shape index (κ3) is 3.84. The summed E-state index contributed by atoms with van der Waals surface area (Å²) in [6.45, 7) is 2.50. The van der Waals surface area contributed by atoms with Crippen LogP contribution in [-0.4, -0.2) is 24.7 Å². The molecule has 0 bridgehead atoms. The van der Waals surface area contributed by atoms with Crippen molar-refractivity contribution in [3.05, 3.63) is 35.9 Å². The fraction of sp³-hybridized carbons (Fsp3) is 0.533. The predicted molar refractivity (Wildman–Crippen MR) is 71.6 cm³/mol. The van der Waals surface area contributed by atoms with Gasteiger partial charge in [-0.3, -0.25) is 0 Å². The van der Waals surface area contributed by atoms with Crippen LogP contribution in [0.15, 0.2) is 30.3 Å². The molecule has 0 saturated heterocycles. The summed E-state index contributed by atoms with van der Waals surface area (Å²) >= 11 is 0. The molecule has 98 valence electrons. The maximum absolute atomic E-state index is 11.7. The topological polar surface area (TPSA) is 38.3 Å². The van der Waals surface area contributed by atoms with Crippen molar-refractivity contribution in [2.75, 3.05) is 6.61 Å². The zero-order chi connectivity index (χ0) is 12.8. The lowest BCUT2D eigenvalue weighted by Crippen LogP contribution is -2.38. The SMILES string of the molecule is C[C@H](COC(=O)c1ccccc1)NC1CCCC1. The highest BCUT2D eigenvalue weighted by molar-refractivity contribution is 5.89. The van der Waals surface area contributed by atoms with Gasteiger partial charge in [-0.1, -0.05) is 31.0 Å². The lowest BCUT2D eigenvalue weighted by atomic mass is 10.2. The average molecular weight is 247 g/mol. The largest absolute Gasteiger partial charge is 0.460 e. The summed E-state index contributed by atoms with van der Waals surface area (Å²) < 4.78 is 5.30. The van der Waals surface area contributed by atoms with Crippen LogP contribution >= 0.6 is 0 Å². The Hall–Kier alpha value is -1.35. The van der Waals surface area contributed by atoms with E-state index in [2.05, 4.69) is 12.2 Å². The standard InChI is InChI=1S/C15H21NO2/c1-12(16-14-9-5-6-10-14)11-18-15(17)13-7-3-2-4-8-13/h2-4,7-8,12,14,16H,5-6,9-11H2,1H3/t12-/m1/s1. The second kappa shape index (κ2) is 6.55. The molecule has 3 nitrogen and oxygen atoms in total. The van der Waals surface area contributed by atoms with Gasteiger partial charge in [0, 0.05) is 12.1 Å². The summed E-state index contributed by atoms with van der Waals surface area (Å²) in [4.78, 5) is 11.7. The van der Waals surface area contributed by atoms with E-state index in [0.717, 1.165) is 0 Å². The Bertz CT molecular complexity index is 371. The van der Waals surface area contributed by atoms with Crippen molar-refractivity contribution in [2.24, 2.45) is 0 Å². The van der Waals surface area contributed by atoms with Gasteiger partial charge < -0.3 is 10.1 Å². The van der Waals surface area contributed by atoms with Crippen LogP contribution in [0.25, 0.3) is 0 Å². The fourth-order valence-electron chi connectivity index (χ4n) is 2.40. The molecule has 2 rings (SSSR count). The number of nitrogens with one attached hydrogen (secondary N) is 1. The molecular weight excluding hydrogens is 226 g/mol. The quantitative estimate of drug-likeness (QED) is 0.813. The van der Waals surface area contributed by atoms with Crippen molar-refractivity contribution >= 4 is 5.97 Å². The van der Waals surface area contributed by atoms with Gasteiger partial charge >= 0.3 is 5.97 Å². The molecule has 3 heteroatoms. The molecule has 0 radical (unpaired) electrons.